The minimum atomic E-state index is -3.15. The number of pyridine rings is 1. The Kier molecular flexibility index (Phi) is 3.46. The van der Waals surface area contributed by atoms with Crippen LogP contribution < -0.4 is 0 Å². The van der Waals surface area contributed by atoms with E-state index in [0.29, 0.717) is 6.07 Å². The second-order valence-electron chi connectivity index (χ2n) is 2.53. The number of hydrogen-bond donors (Lipinski definition) is 0. The number of halogens is 4. The lowest BCUT2D eigenvalue weighted by atomic mass is 10.2. The van der Waals surface area contributed by atoms with Crippen LogP contribution in [-0.4, -0.2) is 9.91 Å². The highest BCUT2D eigenvalue weighted by Gasteiger charge is 2.23. The maximum atomic E-state index is 12.9. The molecule has 0 saturated carbocycles. The summed E-state index contributed by atoms with van der Waals surface area (Å²) in [5.41, 5.74) is -2.18. The van der Waals surface area contributed by atoms with E-state index in [2.05, 4.69) is 4.98 Å². The zero-order valence-electron chi connectivity index (χ0n) is 7.08. The van der Waals surface area contributed by atoms with Gasteiger partial charge >= 0.3 is 0 Å². The summed E-state index contributed by atoms with van der Waals surface area (Å²) in [5, 5.41) is 10.4. The average Bonchev–Trinajstić information content (AvgIpc) is 2.16. The lowest BCUT2D eigenvalue weighted by molar-refractivity contribution is -0.386. The third kappa shape index (κ3) is 2.35. The zero-order chi connectivity index (χ0) is 11.6. The van der Waals surface area contributed by atoms with Crippen molar-refractivity contribution in [2.45, 2.75) is 12.3 Å². The van der Waals surface area contributed by atoms with Crippen molar-refractivity contribution < 1.29 is 18.1 Å². The topological polar surface area (TPSA) is 56.0 Å². The van der Waals surface area contributed by atoms with Gasteiger partial charge in [0, 0.05) is 6.07 Å². The summed E-state index contributed by atoms with van der Waals surface area (Å²) in [6.45, 7) is 0. The first-order chi connectivity index (χ1) is 6.97. The lowest BCUT2D eigenvalue weighted by Crippen LogP contribution is -2.03. The van der Waals surface area contributed by atoms with E-state index >= 15 is 0 Å². The molecule has 0 aliphatic carbocycles. The summed E-state index contributed by atoms with van der Waals surface area (Å²) < 4.78 is 37.2. The highest BCUT2D eigenvalue weighted by atomic mass is 35.5. The molecule has 0 aliphatic rings. The van der Waals surface area contributed by atoms with E-state index < -0.39 is 34.4 Å². The van der Waals surface area contributed by atoms with Gasteiger partial charge in [-0.15, -0.1) is 11.6 Å². The predicted octanol–water partition coefficient (Wildman–Crippen LogP) is 2.81. The number of hydrogen-bond acceptors (Lipinski definition) is 3. The highest BCUT2D eigenvalue weighted by Crippen LogP contribution is 2.27. The van der Waals surface area contributed by atoms with Crippen LogP contribution in [0.2, 0.25) is 0 Å². The van der Waals surface area contributed by atoms with Crippen LogP contribution >= 0.6 is 11.6 Å². The van der Waals surface area contributed by atoms with E-state index in [1.54, 1.807) is 0 Å². The number of aromatic nitrogens is 1. The molecule has 82 valence electrons. The van der Waals surface area contributed by atoms with E-state index in [-0.39, 0.29) is 5.69 Å². The van der Waals surface area contributed by atoms with Gasteiger partial charge < -0.3 is 0 Å². The maximum absolute atomic E-state index is 12.9. The molecule has 1 heterocycles. The number of nitro groups is 1. The van der Waals surface area contributed by atoms with Crippen molar-refractivity contribution in [1.29, 1.82) is 0 Å². The minimum absolute atomic E-state index is 0.372. The molecule has 0 fully saturated rings. The van der Waals surface area contributed by atoms with Gasteiger partial charge in [-0.2, -0.15) is 4.39 Å². The first-order valence-corrected chi connectivity index (χ1v) is 4.18. The molecule has 0 aromatic carbocycles. The summed E-state index contributed by atoms with van der Waals surface area (Å²) in [6, 6.07) is 0.449. The molecule has 0 saturated heterocycles. The second-order valence-corrected chi connectivity index (χ2v) is 2.79. The van der Waals surface area contributed by atoms with Gasteiger partial charge in [-0.3, -0.25) is 10.1 Å². The zero-order valence-corrected chi connectivity index (χ0v) is 7.84. The molecule has 1 rings (SSSR count). The smallest absolute Gasteiger partial charge is 0.258 e. The van der Waals surface area contributed by atoms with E-state index in [1.165, 1.54) is 0 Å². The van der Waals surface area contributed by atoms with Gasteiger partial charge in [0.05, 0.1) is 16.4 Å². The van der Waals surface area contributed by atoms with Gasteiger partial charge in [-0.05, 0) is 0 Å². The summed E-state index contributed by atoms with van der Waals surface area (Å²) in [4.78, 5) is 12.5. The third-order valence-corrected chi connectivity index (χ3v) is 1.87. The van der Waals surface area contributed by atoms with Crippen molar-refractivity contribution in [2.75, 3.05) is 0 Å². The van der Waals surface area contributed by atoms with Crippen molar-refractivity contribution in [1.82, 2.24) is 4.98 Å². The fraction of sp³-hybridized carbons (Fsp3) is 0.286. The van der Waals surface area contributed by atoms with E-state index in [1.807, 2.05) is 0 Å². The number of rotatable bonds is 3. The van der Waals surface area contributed by atoms with Crippen molar-refractivity contribution in [3.05, 3.63) is 33.4 Å². The Morgan fingerprint density at radius 2 is 2.20 bits per heavy atom. The predicted molar refractivity (Wildman–Crippen MR) is 45.4 cm³/mol. The lowest BCUT2D eigenvalue weighted by Gasteiger charge is -2.03. The molecule has 0 aliphatic heterocycles. The van der Waals surface area contributed by atoms with E-state index in [9.17, 15) is 23.3 Å². The van der Waals surface area contributed by atoms with Gasteiger partial charge in [0.15, 0.2) is 0 Å². The summed E-state index contributed by atoms with van der Waals surface area (Å²) in [6.07, 6.45) is -3.15. The van der Waals surface area contributed by atoms with Crippen molar-refractivity contribution in [3.8, 4) is 0 Å². The van der Waals surface area contributed by atoms with Gasteiger partial charge in [-0.1, -0.05) is 0 Å². The van der Waals surface area contributed by atoms with Crippen LogP contribution in [0.25, 0.3) is 0 Å². The Hall–Kier alpha value is -1.37. The number of alkyl halides is 3. The molecule has 1 aromatic rings. The molecular formula is C7H4ClF3N2O2. The Labute approximate surface area is 86.8 Å². The van der Waals surface area contributed by atoms with Gasteiger partial charge in [0.1, 0.15) is 5.69 Å². The Morgan fingerprint density at radius 1 is 1.60 bits per heavy atom. The van der Waals surface area contributed by atoms with Crippen LogP contribution in [0.4, 0.5) is 18.9 Å². The number of nitrogens with zero attached hydrogens (tertiary/aromatic N) is 2. The van der Waals surface area contributed by atoms with E-state index in [4.69, 9.17) is 11.6 Å². The first kappa shape index (κ1) is 11.7. The molecule has 15 heavy (non-hydrogen) atoms. The van der Waals surface area contributed by atoms with E-state index in [0.717, 1.165) is 0 Å². The molecular weight excluding hydrogens is 237 g/mol. The molecule has 0 atom stereocenters. The van der Waals surface area contributed by atoms with Crippen LogP contribution in [0.15, 0.2) is 6.07 Å². The molecule has 0 bridgehead atoms. The normalized spacial score (nSPS) is 10.7. The van der Waals surface area contributed by atoms with Gasteiger partial charge in [0.25, 0.3) is 12.1 Å². The summed E-state index contributed by atoms with van der Waals surface area (Å²) in [5.74, 6) is -1.86. The fourth-order valence-electron chi connectivity index (χ4n) is 0.940. The Morgan fingerprint density at radius 3 is 2.60 bits per heavy atom. The molecule has 1 aromatic heterocycles. The highest BCUT2D eigenvalue weighted by molar-refractivity contribution is 6.17. The standard InChI is InChI=1S/C7H4ClF3N2O2/c8-2-4-5(13(14)15)1-3(6(9)10)7(11)12-4/h1,6H,2H2. The maximum Gasteiger partial charge on any atom is 0.292 e. The van der Waals surface area contributed by atoms with Crippen LogP contribution in [0, 0.1) is 16.1 Å². The molecule has 0 amide bonds. The molecule has 0 radical (unpaired) electrons. The van der Waals surface area contributed by atoms with Crippen molar-refractivity contribution >= 4 is 17.3 Å². The molecule has 8 heteroatoms. The fourth-order valence-corrected chi connectivity index (χ4v) is 1.14. The second kappa shape index (κ2) is 4.43. The Balaban J connectivity index is 3.37. The quantitative estimate of drug-likeness (QED) is 0.353. The largest absolute Gasteiger partial charge is 0.292 e. The minimum Gasteiger partial charge on any atom is -0.258 e. The van der Waals surface area contributed by atoms with Gasteiger partial charge in [0.2, 0.25) is 5.95 Å². The van der Waals surface area contributed by atoms with Crippen LogP contribution in [-0.2, 0) is 5.88 Å². The SMILES string of the molecule is O=[N+]([O-])c1cc(C(F)F)c(F)nc1CCl. The Bertz CT molecular complexity index is 400. The molecule has 0 unspecified atom stereocenters. The van der Waals surface area contributed by atoms with Crippen LogP contribution in [0.5, 0.6) is 0 Å². The van der Waals surface area contributed by atoms with Crippen LogP contribution in [0.1, 0.15) is 17.7 Å². The first-order valence-electron chi connectivity index (χ1n) is 3.65. The monoisotopic (exact) mass is 240 g/mol. The van der Waals surface area contributed by atoms with Crippen molar-refractivity contribution in [2.24, 2.45) is 0 Å². The van der Waals surface area contributed by atoms with Crippen LogP contribution in [0.3, 0.4) is 0 Å². The molecule has 0 spiro atoms. The van der Waals surface area contributed by atoms with Gasteiger partial charge in [-0.25, -0.2) is 13.8 Å². The molecule has 4 nitrogen and oxygen atoms in total. The summed E-state index contributed by atoms with van der Waals surface area (Å²) >= 11 is 5.26. The van der Waals surface area contributed by atoms with Crippen molar-refractivity contribution in [3.63, 3.8) is 0 Å². The summed E-state index contributed by atoms with van der Waals surface area (Å²) in [7, 11) is 0. The molecule has 0 N–H and O–H groups in total. The average molecular weight is 241 g/mol. The third-order valence-electron chi connectivity index (χ3n) is 1.62.